The second-order valence-electron chi connectivity index (χ2n) is 5.45. The van der Waals surface area contributed by atoms with E-state index >= 15 is 0 Å². The monoisotopic (exact) mass is 354 g/mol. The number of likely N-dealkylation sites (N-methyl/N-ethyl adjacent to an activating group) is 2. The number of carbonyl (C=O) groups excluding carboxylic acids is 1. The zero-order valence-corrected chi connectivity index (χ0v) is 14.5. The molecule has 1 unspecified atom stereocenters. The van der Waals surface area contributed by atoms with E-state index in [1.807, 2.05) is 30.1 Å². The standard InChI is InChI=1S/C16H23BrN2O2/c1-4-19-9-5-6-13(19)11-18(2)16(20)14-8-7-12(17)10-15(14)21-3/h7-8,10,13H,4-6,9,11H2,1-3H3. The molecule has 116 valence electrons. The van der Waals surface area contributed by atoms with Crippen LogP contribution >= 0.6 is 15.9 Å². The maximum Gasteiger partial charge on any atom is 0.257 e. The Kier molecular flexibility index (Phi) is 5.65. The van der Waals surface area contributed by atoms with Gasteiger partial charge in [0, 0.05) is 24.1 Å². The molecule has 1 amide bonds. The molecule has 1 atom stereocenters. The minimum Gasteiger partial charge on any atom is -0.496 e. The Morgan fingerprint density at radius 2 is 2.29 bits per heavy atom. The van der Waals surface area contributed by atoms with Crippen molar-refractivity contribution in [2.75, 3.05) is 33.8 Å². The molecule has 0 aliphatic carbocycles. The molecule has 4 nitrogen and oxygen atoms in total. The molecule has 0 radical (unpaired) electrons. The van der Waals surface area contributed by atoms with Gasteiger partial charge in [-0.3, -0.25) is 9.69 Å². The van der Waals surface area contributed by atoms with Gasteiger partial charge in [0.2, 0.25) is 0 Å². The Morgan fingerprint density at radius 1 is 1.52 bits per heavy atom. The summed E-state index contributed by atoms with van der Waals surface area (Å²) >= 11 is 3.40. The van der Waals surface area contributed by atoms with Gasteiger partial charge in [0.1, 0.15) is 5.75 Å². The van der Waals surface area contributed by atoms with Crippen molar-refractivity contribution in [1.29, 1.82) is 0 Å². The van der Waals surface area contributed by atoms with E-state index in [1.54, 1.807) is 7.11 Å². The summed E-state index contributed by atoms with van der Waals surface area (Å²) in [5, 5.41) is 0. The number of hydrogen-bond acceptors (Lipinski definition) is 3. The van der Waals surface area contributed by atoms with Gasteiger partial charge in [0.05, 0.1) is 12.7 Å². The zero-order chi connectivity index (χ0) is 15.4. The average molecular weight is 355 g/mol. The summed E-state index contributed by atoms with van der Waals surface area (Å²) in [5.41, 5.74) is 0.615. The molecule has 0 bridgehead atoms. The van der Waals surface area contributed by atoms with Crippen LogP contribution in [0.25, 0.3) is 0 Å². The molecule has 5 heteroatoms. The molecule has 1 aliphatic heterocycles. The lowest BCUT2D eigenvalue weighted by molar-refractivity contribution is 0.0751. The van der Waals surface area contributed by atoms with Gasteiger partial charge in [-0.1, -0.05) is 22.9 Å². The van der Waals surface area contributed by atoms with Crippen LogP contribution in [0.2, 0.25) is 0 Å². The number of halogens is 1. The van der Waals surface area contributed by atoms with Gasteiger partial charge in [-0.15, -0.1) is 0 Å². The van der Waals surface area contributed by atoms with Crippen LogP contribution in [0, 0.1) is 0 Å². The number of likely N-dealkylation sites (tertiary alicyclic amines) is 1. The summed E-state index contributed by atoms with van der Waals surface area (Å²) in [5.74, 6) is 0.627. The van der Waals surface area contributed by atoms with Gasteiger partial charge in [0.25, 0.3) is 5.91 Å². The topological polar surface area (TPSA) is 32.8 Å². The summed E-state index contributed by atoms with van der Waals surface area (Å²) in [6.07, 6.45) is 2.39. The van der Waals surface area contributed by atoms with E-state index in [1.165, 1.54) is 12.8 Å². The molecule has 0 N–H and O–H groups in total. The minimum absolute atomic E-state index is 0.0160. The lowest BCUT2D eigenvalue weighted by Gasteiger charge is -2.28. The first-order chi connectivity index (χ1) is 10.1. The fraction of sp³-hybridized carbons (Fsp3) is 0.562. The van der Waals surface area contributed by atoms with Crippen molar-refractivity contribution >= 4 is 21.8 Å². The van der Waals surface area contributed by atoms with Crippen molar-refractivity contribution in [2.45, 2.75) is 25.8 Å². The van der Waals surface area contributed by atoms with Crippen molar-refractivity contribution in [3.05, 3.63) is 28.2 Å². The SMILES string of the molecule is CCN1CCCC1CN(C)C(=O)c1ccc(Br)cc1OC. The quantitative estimate of drug-likeness (QED) is 0.814. The van der Waals surface area contributed by atoms with Crippen molar-refractivity contribution in [2.24, 2.45) is 0 Å². The molecule has 0 spiro atoms. The molecule has 1 fully saturated rings. The number of amides is 1. The number of rotatable bonds is 5. The van der Waals surface area contributed by atoms with Crippen molar-refractivity contribution in [1.82, 2.24) is 9.80 Å². The Bertz CT molecular complexity index is 507. The maximum absolute atomic E-state index is 12.6. The van der Waals surface area contributed by atoms with Gasteiger partial charge in [-0.2, -0.15) is 0 Å². The molecule has 2 rings (SSSR count). The summed E-state index contributed by atoms with van der Waals surface area (Å²) < 4.78 is 6.23. The zero-order valence-electron chi connectivity index (χ0n) is 12.9. The summed E-state index contributed by atoms with van der Waals surface area (Å²) in [7, 11) is 3.46. The van der Waals surface area contributed by atoms with Crippen molar-refractivity contribution < 1.29 is 9.53 Å². The lowest BCUT2D eigenvalue weighted by atomic mass is 10.1. The Morgan fingerprint density at radius 3 is 2.95 bits per heavy atom. The highest BCUT2D eigenvalue weighted by molar-refractivity contribution is 9.10. The van der Waals surface area contributed by atoms with E-state index in [-0.39, 0.29) is 5.91 Å². The van der Waals surface area contributed by atoms with Crippen LogP contribution in [0.15, 0.2) is 22.7 Å². The molecule has 1 aromatic rings. The molecule has 1 saturated heterocycles. The van der Waals surface area contributed by atoms with E-state index in [0.29, 0.717) is 17.4 Å². The Hall–Kier alpha value is -1.07. The first-order valence-electron chi connectivity index (χ1n) is 7.39. The molecule has 0 aromatic heterocycles. The van der Waals surface area contributed by atoms with Gasteiger partial charge in [-0.25, -0.2) is 0 Å². The fourth-order valence-electron chi connectivity index (χ4n) is 2.96. The first kappa shape index (κ1) is 16.3. The van der Waals surface area contributed by atoms with Crippen LogP contribution in [0.4, 0.5) is 0 Å². The summed E-state index contributed by atoms with van der Waals surface area (Å²) in [4.78, 5) is 16.9. The number of methoxy groups -OCH3 is 1. The van der Waals surface area contributed by atoms with Gasteiger partial charge in [-0.05, 0) is 44.1 Å². The van der Waals surface area contributed by atoms with Crippen LogP contribution in [0.3, 0.4) is 0 Å². The highest BCUT2D eigenvalue weighted by Crippen LogP contribution is 2.25. The maximum atomic E-state index is 12.6. The predicted octanol–water partition coefficient (Wildman–Crippen LogP) is 3.01. The van der Waals surface area contributed by atoms with E-state index in [9.17, 15) is 4.79 Å². The third-order valence-corrected chi connectivity index (χ3v) is 4.62. The second kappa shape index (κ2) is 7.27. The van der Waals surface area contributed by atoms with E-state index < -0.39 is 0 Å². The largest absolute Gasteiger partial charge is 0.496 e. The fourth-order valence-corrected chi connectivity index (χ4v) is 3.30. The number of ether oxygens (including phenoxy) is 1. The summed E-state index contributed by atoms with van der Waals surface area (Å²) in [6, 6.07) is 5.99. The Labute approximate surface area is 135 Å². The molecular formula is C16H23BrN2O2. The van der Waals surface area contributed by atoms with Crippen LogP contribution in [-0.2, 0) is 0 Å². The Balaban J connectivity index is 2.09. The van der Waals surface area contributed by atoms with Gasteiger partial charge < -0.3 is 9.64 Å². The third-order valence-electron chi connectivity index (χ3n) is 4.13. The smallest absolute Gasteiger partial charge is 0.257 e. The predicted molar refractivity (Wildman–Crippen MR) is 87.9 cm³/mol. The van der Waals surface area contributed by atoms with Gasteiger partial charge in [0.15, 0.2) is 0 Å². The highest BCUT2D eigenvalue weighted by atomic mass is 79.9. The molecule has 1 heterocycles. The average Bonchev–Trinajstić information content (AvgIpc) is 2.93. The molecule has 0 saturated carbocycles. The second-order valence-corrected chi connectivity index (χ2v) is 6.37. The number of carbonyl (C=O) groups is 1. The number of benzene rings is 1. The van der Waals surface area contributed by atoms with Gasteiger partial charge >= 0.3 is 0 Å². The normalized spacial score (nSPS) is 18.8. The third kappa shape index (κ3) is 3.77. The highest BCUT2D eigenvalue weighted by Gasteiger charge is 2.26. The van der Waals surface area contributed by atoms with E-state index in [2.05, 4.69) is 27.8 Å². The molecule has 21 heavy (non-hydrogen) atoms. The lowest BCUT2D eigenvalue weighted by Crippen LogP contribution is -2.41. The number of nitrogens with zero attached hydrogens (tertiary/aromatic N) is 2. The summed E-state index contributed by atoms with van der Waals surface area (Å²) in [6.45, 7) is 5.14. The van der Waals surface area contributed by atoms with E-state index in [0.717, 1.165) is 24.1 Å². The minimum atomic E-state index is 0.0160. The first-order valence-corrected chi connectivity index (χ1v) is 8.19. The van der Waals surface area contributed by atoms with Crippen LogP contribution < -0.4 is 4.74 Å². The molecule has 1 aromatic carbocycles. The van der Waals surface area contributed by atoms with Crippen molar-refractivity contribution in [3.63, 3.8) is 0 Å². The van der Waals surface area contributed by atoms with Crippen LogP contribution in [0.1, 0.15) is 30.1 Å². The van der Waals surface area contributed by atoms with E-state index in [4.69, 9.17) is 4.74 Å². The molecule has 1 aliphatic rings. The molecular weight excluding hydrogens is 332 g/mol. The number of hydrogen-bond donors (Lipinski definition) is 0. The van der Waals surface area contributed by atoms with Crippen LogP contribution in [0.5, 0.6) is 5.75 Å². The van der Waals surface area contributed by atoms with Crippen molar-refractivity contribution in [3.8, 4) is 5.75 Å². The van der Waals surface area contributed by atoms with Crippen LogP contribution in [-0.4, -0.2) is 55.5 Å².